The van der Waals surface area contributed by atoms with Crippen molar-refractivity contribution in [1.29, 1.82) is 0 Å². The maximum absolute atomic E-state index is 12.2. The van der Waals surface area contributed by atoms with Crippen LogP contribution in [0.25, 0.3) is 0 Å². The van der Waals surface area contributed by atoms with E-state index >= 15 is 0 Å². The molecule has 1 N–H and O–H groups in total. The van der Waals surface area contributed by atoms with Crippen molar-refractivity contribution >= 4 is 17.5 Å². The fourth-order valence-corrected chi connectivity index (χ4v) is 2.71. The minimum Gasteiger partial charge on any atom is -0.341 e. The number of carbonyl (C=O) groups is 1. The van der Waals surface area contributed by atoms with Crippen LogP contribution < -0.4 is 10.2 Å². The standard InChI is InChI=1S/C18H22N4O/c1-14-6-8-16(9-7-14)21-17(23)15-12-19-18(20-13-15)22-10-4-2-3-5-11-22/h6-9,12-13H,2-5,10-11H2,1H3,(H,21,23). The fourth-order valence-electron chi connectivity index (χ4n) is 2.71. The maximum Gasteiger partial charge on any atom is 0.258 e. The van der Waals surface area contributed by atoms with Crippen LogP contribution in [0.5, 0.6) is 0 Å². The van der Waals surface area contributed by atoms with Crippen molar-refractivity contribution in [3.63, 3.8) is 0 Å². The molecule has 1 aromatic heterocycles. The summed E-state index contributed by atoms with van der Waals surface area (Å²) >= 11 is 0. The second-order valence-corrected chi connectivity index (χ2v) is 5.99. The Morgan fingerprint density at radius 3 is 2.22 bits per heavy atom. The van der Waals surface area contributed by atoms with Crippen LogP contribution in [0.1, 0.15) is 41.6 Å². The predicted molar refractivity (Wildman–Crippen MR) is 91.8 cm³/mol. The van der Waals surface area contributed by atoms with Gasteiger partial charge in [0.15, 0.2) is 0 Å². The average molecular weight is 310 g/mol. The highest BCUT2D eigenvalue weighted by molar-refractivity contribution is 6.03. The molecule has 5 heteroatoms. The number of hydrogen-bond donors (Lipinski definition) is 1. The summed E-state index contributed by atoms with van der Waals surface area (Å²) in [6.45, 7) is 4.00. The van der Waals surface area contributed by atoms with Crippen LogP contribution in [-0.4, -0.2) is 29.0 Å². The van der Waals surface area contributed by atoms with E-state index in [9.17, 15) is 4.79 Å². The monoisotopic (exact) mass is 310 g/mol. The predicted octanol–water partition coefficient (Wildman–Crippen LogP) is 3.42. The SMILES string of the molecule is Cc1ccc(NC(=O)c2cnc(N3CCCCCC3)nc2)cc1. The molecular weight excluding hydrogens is 288 g/mol. The number of nitrogens with one attached hydrogen (secondary N) is 1. The van der Waals surface area contributed by atoms with Gasteiger partial charge in [-0.15, -0.1) is 0 Å². The van der Waals surface area contributed by atoms with Crippen LogP contribution in [0, 0.1) is 6.92 Å². The number of hydrogen-bond acceptors (Lipinski definition) is 4. The lowest BCUT2D eigenvalue weighted by molar-refractivity contribution is 0.102. The van der Waals surface area contributed by atoms with Gasteiger partial charge in [0.25, 0.3) is 5.91 Å². The number of rotatable bonds is 3. The number of carbonyl (C=O) groups excluding carboxylic acids is 1. The van der Waals surface area contributed by atoms with Gasteiger partial charge in [-0.05, 0) is 31.9 Å². The summed E-state index contributed by atoms with van der Waals surface area (Å²) in [5.74, 6) is 0.537. The first kappa shape index (κ1) is 15.5. The molecule has 23 heavy (non-hydrogen) atoms. The van der Waals surface area contributed by atoms with Gasteiger partial charge in [-0.25, -0.2) is 9.97 Å². The van der Waals surface area contributed by atoms with Crippen LogP contribution >= 0.6 is 0 Å². The Kier molecular flexibility index (Phi) is 4.86. The van der Waals surface area contributed by atoms with Crippen LogP contribution in [0.15, 0.2) is 36.7 Å². The molecule has 0 unspecified atom stereocenters. The number of anilines is 2. The first-order valence-electron chi connectivity index (χ1n) is 8.17. The van der Waals surface area contributed by atoms with Crippen molar-refractivity contribution < 1.29 is 4.79 Å². The van der Waals surface area contributed by atoms with Crippen molar-refractivity contribution in [2.75, 3.05) is 23.3 Å². The largest absolute Gasteiger partial charge is 0.341 e. The van der Waals surface area contributed by atoms with Gasteiger partial charge in [-0.1, -0.05) is 30.5 Å². The van der Waals surface area contributed by atoms with E-state index in [1.165, 1.54) is 25.7 Å². The van der Waals surface area contributed by atoms with Crippen molar-refractivity contribution in [2.24, 2.45) is 0 Å². The maximum atomic E-state index is 12.2. The highest BCUT2D eigenvalue weighted by atomic mass is 16.1. The third-order valence-corrected chi connectivity index (χ3v) is 4.10. The summed E-state index contributed by atoms with van der Waals surface area (Å²) in [6.07, 6.45) is 8.12. The van der Waals surface area contributed by atoms with Crippen LogP contribution in [0.2, 0.25) is 0 Å². The number of aromatic nitrogens is 2. The molecule has 1 amide bonds. The molecule has 120 valence electrons. The fraction of sp³-hybridized carbons (Fsp3) is 0.389. The highest BCUT2D eigenvalue weighted by Gasteiger charge is 2.13. The topological polar surface area (TPSA) is 58.1 Å². The van der Waals surface area contributed by atoms with Crippen LogP contribution in [0.4, 0.5) is 11.6 Å². The average Bonchev–Trinajstić information content (AvgIpc) is 2.86. The third kappa shape index (κ3) is 4.06. The number of aryl methyl sites for hydroxylation is 1. The zero-order valence-corrected chi connectivity index (χ0v) is 13.5. The van der Waals surface area contributed by atoms with Gasteiger partial charge in [0.1, 0.15) is 0 Å². The van der Waals surface area contributed by atoms with Gasteiger partial charge in [0.05, 0.1) is 5.56 Å². The number of amides is 1. The van der Waals surface area contributed by atoms with E-state index in [1.807, 2.05) is 31.2 Å². The molecule has 1 aliphatic heterocycles. The Labute approximate surface area is 136 Å². The summed E-state index contributed by atoms with van der Waals surface area (Å²) in [7, 11) is 0. The molecule has 2 heterocycles. The first-order valence-corrected chi connectivity index (χ1v) is 8.17. The molecular formula is C18H22N4O. The summed E-state index contributed by atoms with van der Waals surface area (Å²) in [5, 5.41) is 2.86. The molecule has 1 aromatic carbocycles. The molecule has 0 aliphatic carbocycles. The molecule has 0 spiro atoms. The Balaban J connectivity index is 1.66. The summed E-state index contributed by atoms with van der Waals surface area (Å²) in [6, 6.07) is 7.71. The lowest BCUT2D eigenvalue weighted by Crippen LogP contribution is -2.26. The number of benzene rings is 1. The molecule has 3 rings (SSSR count). The zero-order chi connectivity index (χ0) is 16.1. The quantitative estimate of drug-likeness (QED) is 0.943. The van der Waals surface area contributed by atoms with E-state index in [1.54, 1.807) is 12.4 Å². The highest BCUT2D eigenvalue weighted by Crippen LogP contribution is 2.16. The van der Waals surface area contributed by atoms with Gasteiger partial charge in [0, 0.05) is 31.2 Å². The summed E-state index contributed by atoms with van der Waals surface area (Å²) in [4.78, 5) is 23.2. The first-order chi connectivity index (χ1) is 11.2. The molecule has 1 saturated heterocycles. The van der Waals surface area contributed by atoms with Crippen molar-refractivity contribution in [1.82, 2.24) is 9.97 Å². The Morgan fingerprint density at radius 1 is 1.00 bits per heavy atom. The van der Waals surface area contributed by atoms with E-state index in [4.69, 9.17) is 0 Å². The normalized spacial score (nSPS) is 15.1. The Bertz CT molecular complexity index is 644. The Morgan fingerprint density at radius 2 is 1.61 bits per heavy atom. The van der Waals surface area contributed by atoms with Gasteiger partial charge < -0.3 is 10.2 Å². The summed E-state index contributed by atoms with van der Waals surface area (Å²) in [5.41, 5.74) is 2.41. The van der Waals surface area contributed by atoms with E-state index < -0.39 is 0 Å². The molecule has 0 atom stereocenters. The third-order valence-electron chi connectivity index (χ3n) is 4.10. The van der Waals surface area contributed by atoms with E-state index in [0.717, 1.165) is 30.3 Å². The Hall–Kier alpha value is -2.43. The van der Waals surface area contributed by atoms with E-state index in [0.29, 0.717) is 5.56 Å². The van der Waals surface area contributed by atoms with Crippen LogP contribution in [-0.2, 0) is 0 Å². The number of nitrogens with zero attached hydrogens (tertiary/aromatic N) is 3. The molecule has 0 radical (unpaired) electrons. The second kappa shape index (κ2) is 7.22. The lowest BCUT2D eigenvalue weighted by Gasteiger charge is -2.19. The minimum atomic E-state index is -0.184. The van der Waals surface area contributed by atoms with E-state index in [-0.39, 0.29) is 5.91 Å². The molecule has 1 aliphatic rings. The molecule has 1 fully saturated rings. The van der Waals surface area contributed by atoms with E-state index in [2.05, 4.69) is 20.2 Å². The van der Waals surface area contributed by atoms with Gasteiger partial charge in [-0.2, -0.15) is 0 Å². The van der Waals surface area contributed by atoms with Gasteiger partial charge in [0.2, 0.25) is 5.95 Å². The smallest absolute Gasteiger partial charge is 0.258 e. The molecule has 0 bridgehead atoms. The molecule has 2 aromatic rings. The van der Waals surface area contributed by atoms with Crippen molar-refractivity contribution in [3.8, 4) is 0 Å². The zero-order valence-electron chi connectivity index (χ0n) is 13.5. The molecule has 0 saturated carbocycles. The van der Waals surface area contributed by atoms with Gasteiger partial charge in [-0.3, -0.25) is 4.79 Å². The second-order valence-electron chi connectivity index (χ2n) is 5.99. The summed E-state index contributed by atoms with van der Waals surface area (Å²) < 4.78 is 0. The van der Waals surface area contributed by atoms with Gasteiger partial charge >= 0.3 is 0 Å². The molecule has 5 nitrogen and oxygen atoms in total. The van der Waals surface area contributed by atoms with Crippen molar-refractivity contribution in [2.45, 2.75) is 32.6 Å². The minimum absolute atomic E-state index is 0.184. The van der Waals surface area contributed by atoms with Crippen molar-refractivity contribution in [3.05, 3.63) is 47.8 Å². The van der Waals surface area contributed by atoms with Crippen LogP contribution in [0.3, 0.4) is 0 Å². The lowest BCUT2D eigenvalue weighted by atomic mass is 10.2.